The number of ether oxygens (including phenoxy) is 2. The number of aromatic hydroxyl groups is 2. The van der Waals surface area contributed by atoms with Crippen molar-refractivity contribution in [2.24, 2.45) is 0 Å². The molecule has 0 bridgehead atoms. The number of aryl methyl sites for hydroxylation is 1. The molecule has 2 aromatic carbocycles. The van der Waals surface area contributed by atoms with Crippen LogP contribution in [0.3, 0.4) is 0 Å². The zero-order valence-electron chi connectivity index (χ0n) is 31.7. The first-order chi connectivity index (χ1) is 23.6. The highest BCUT2D eigenvalue weighted by Gasteiger charge is 2.32. The zero-order chi connectivity index (χ0) is 34.4. The van der Waals surface area contributed by atoms with E-state index in [-0.39, 0.29) is 11.5 Å². The molecule has 48 heavy (non-hydrogen) atoms. The Balaban J connectivity index is 1.90. The molecule has 0 aromatic heterocycles. The van der Waals surface area contributed by atoms with Crippen LogP contribution in [0.25, 0.3) is 0 Å². The summed E-state index contributed by atoms with van der Waals surface area (Å²) in [6, 6.07) is 4.37. The molecule has 2 aromatic rings. The molecule has 0 aliphatic carbocycles. The van der Waals surface area contributed by atoms with Crippen LogP contribution >= 0.6 is 0 Å². The average molecular weight is 665 g/mol. The molecule has 272 valence electrons. The highest BCUT2D eigenvalue weighted by Crippen LogP contribution is 2.56. The number of rotatable bonds is 28. The van der Waals surface area contributed by atoms with Crippen molar-refractivity contribution < 1.29 is 19.7 Å². The largest absolute Gasteiger partial charge is 0.504 e. The molecule has 1 aliphatic rings. The molecule has 0 atom stereocenters. The lowest BCUT2D eigenvalue weighted by atomic mass is 9.93. The normalized spacial score (nSPS) is 12.1. The lowest BCUT2D eigenvalue weighted by molar-refractivity contribution is 0.331. The van der Waals surface area contributed by atoms with E-state index in [1.807, 2.05) is 0 Å². The summed E-state index contributed by atoms with van der Waals surface area (Å²) in [6.45, 7) is 9.04. The van der Waals surface area contributed by atoms with Crippen molar-refractivity contribution >= 4 is 0 Å². The number of benzene rings is 2. The third-order valence-corrected chi connectivity index (χ3v) is 10.4. The number of hydrogen-bond donors (Lipinski definition) is 2. The summed E-state index contributed by atoms with van der Waals surface area (Å²) < 4.78 is 13.7. The van der Waals surface area contributed by atoms with Gasteiger partial charge in [-0.1, -0.05) is 162 Å². The predicted octanol–water partition coefficient (Wildman–Crippen LogP) is 14.6. The number of phenols is 2. The summed E-state index contributed by atoms with van der Waals surface area (Å²) in [5.74, 6) is 2.86. The van der Waals surface area contributed by atoms with Crippen molar-refractivity contribution in [3.05, 3.63) is 34.4 Å². The van der Waals surface area contributed by atoms with Crippen LogP contribution in [0.4, 0.5) is 0 Å². The summed E-state index contributed by atoms with van der Waals surface area (Å²) >= 11 is 0. The topological polar surface area (TPSA) is 58.9 Å². The minimum Gasteiger partial charge on any atom is -0.504 e. The Kier molecular flexibility index (Phi) is 20.0. The smallest absolute Gasteiger partial charge is 0.177 e. The number of fused-ring (bicyclic) bond motifs is 2. The van der Waals surface area contributed by atoms with Gasteiger partial charge >= 0.3 is 0 Å². The summed E-state index contributed by atoms with van der Waals surface area (Å²) in [5.41, 5.74) is 4.08. The third kappa shape index (κ3) is 12.8. The van der Waals surface area contributed by atoms with Crippen LogP contribution in [0.5, 0.6) is 34.5 Å². The molecule has 0 spiro atoms. The van der Waals surface area contributed by atoms with Gasteiger partial charge in [-0.2, -0.15) is 0 Å². The number of unbranched alkanes of at least 4 members (excludes halogenated alkanes) is 20. The van der Waals surface area contributed by atoms with Crippen molar-refractivity contribution in [3.8, 4) is 34.5 Å². The Morgan fingerprint density at radius 2 is 0.729 bits per heavy atom. The Labute approximate surface area is 295 Å². The van der Waals surface area contributed by atoms with Gasteiger partial charge in [-0.3, -0.25) is 0 Å². The molecule has 1 heterocycles. The lowest BCUT2D eigenvalue weighted by Crippen LogP contribution is -2.10. The fraction of sp³-hybridized carbons (Fsp3) is 0.727. The quantitative estimate of drug-likeness (QED) is 0.0599. The minimum atomic E-state index is -0.0117. The fourth-order valence-corrected chi connectivity index (χ4v) is 7.36. The van der Waals surface area contributed by atoms with E-state index in [9.17, 15) is 10.2 Å². The van der Waals surface area contributed by atoms with Gasteiger partial charge in [-0.25, -0.2) is 0 Å². The van der Waals surface area contributed by atoms with E-state index in [1.165, 1.54) is 133 Å². The van der Waals surface area contributed by atoms with E-state index in [0.717, 1.165) is 56.4 Å². The molecule has 2 N–H and O–H groups in total. The molecule has 0 amide bonds. The first-order valence-electron chi connectivity index (χ1n) is 20.7. The fourth-order valence-electron chi connectivity index (χ4n) is 7.36. The molecule has 0 radical (unpaired) electrons. The van der Waals surface area contributed by atoms with Crippen molar-refractivity contribution in [1.82, 2.24) is 0 Å². The van der Waals surface area contributed by atoms with Crippen LogP contribution in [0, 0.1) is 0 Å². The first-order valence-corrected chi connectivity index (χ1v) is 20.7. The van der Waals surface area contributed by atoms with Gasteiger partial charge in [-0.05, 0) is 63.0 Å². The van der Waals surface area contributed by atoms with Gasteiger partial charge < -0.3 is 19.7 Å². The minimum absolute atomic E-state index is 0.00366. The highest BCUT2D eigenvalue weighted by atomic mass is 16.6. The van der Waals surface area contributed by atoms with Gasteiger partial charge in [0.25, 0.3) is 0 Å². The molecule has 4 heteroatoms. The number of phenolic OH excluding ortho intramolecular Hbond substituents is 2. The molecule has 0 unspecified atom stereocenters. The van der Waals surface area contributed by atoms with E-state index in [4.69, 9.17) is 9.47 Å². The standard InChI is InChI=1S/C44H72O4/c1-5-9-13-17-21-25-29-35-33-34-39-42(36(35)30-26-22-18-14-10-6-2)48-44-38(32-28-24-20-16-12-8-4)41(46)40(45)37(43(44)47-39)31-27-23-19-15-11-7-3/h33-34,45-46H,5-32H2,1-4H3. The second-order valence-corrected chi connectivity index (χ2v) is 14.6. The SMILES string of the molecule is CCCCCCCCc1ccc2c(c1CCCCCCCC)Oc1c(CCCCCCCC)c(O)c(O)c(CCCCCCCC)c1O2. The number of hydrogen-bond acceptors (Lipinski definition) is 4. The van der Waals surface area contributed by atoms with E-state index in [1.54, 1.807) is 0 Å². The van der Waals surface area contributed by atoms with Crippen LogP contribution in [-0.4, -0.2) is 10.2 Å². The van der Waals surface area contributed by atoms with Gasteiger partial charge in [0.05, 0.1) is 0 Å². The Morgan fingerprint density at radius 1 is 0.375 bits per heavy atom. The summed E-state index contributed by atoms with van der Waals surface area (Å²) in [6.07, 6.45) is 32.7. The van der Waals surface area contributed by atoms with Gasteiger partial charge in [0.2, 0.25) is 0 Å². The monoisotopic (exact) mass is 665 g/mol. The molecule has 1 aliphatic heterocycles. The van der Waals surface area contributed by atoms with Crippen LogP contribution in [0.2, 0.25) is 0 Å². The lowest BCUT2D eigenvalue weighted by Gasteiger charge is -2.29. The zero-order valence-corrected chi connectivity index (χ0v) is 31.7. The highest BCUT2D eigenvalue weighted by molar-refractivity contribution is 5.70. The summed E-state index contributed by atoms with van der Waals surface area (Å²) in [7, 11) is 0. The van der Waals surface area contributed by atoms with E-state index in [0.29, 0.717) is 35.5 Å². The molecular formula is C44H72O4. The van der Waals surface area contributed by atoms with Crippen LogP contribution in [-0.2, 0) is 25.7 Å². The Hall–Kier alpha value is -2.36. The van der Waals surface area contributed by atoms with Gasteiger partial charge in [0.1, 0.15) is 0 Å². The van der Waals surface area contributed by atoms with Crippen molar-refractivity contribution in [2.75, 3.05) is 0 Å². The van der Waals surface area contributed by atoms with Gasteiger partial charge in [-0.15, -0.1) is 0 Å². The third-order valence-electron chi connectivity index (χ3n) is 10.4. The second-order valence-electron chi connectivity index (χ2n) is 14.6. The van der Waals surface area contributed by atoms with Crippen molar-refractivity contribution in [3.63, 3.8) is 0 Å². The van der Waals surface area contributed by atoms with Crippen molar-refractivity contribution in [1.29, 1.82) is 0 Å². The molecular weight excluding hydrogens is 592 g/mol. The van der Waals surface area contributed by atoms with Crippen LogP contribution < -0.4 is 9.47 Å². The first kappa shape index (κ1) is 40.1. The maximum Gasteiger partial charge on any atom is 0.177 e. The predicted molar refractivity (Wildman–Crippen MR) is 205 cm³/mol. The molecule has 0 saturated carbocycles. The second kappa shape index (κ2) is 23.9. The van der Waals surface area contributed by atoms with Crippen LogP contribution in [0.15, 0.2) is 12.1 Å². The Morgan fingerprint density at radius 3 is 1.17 bits per heavy atom. The average Bonchev–Trinajstić information content (AvgIpc) is 3.09. The summed E-state index contributed by atoms with van der Waals surface area (Å²) in [4.78, 5) is 0. The summed E-state index contributed by atoms with van der Waals surface area (Å²) in [5, 5.41) is 22.9. The molecule has 0 fully saturated rings. The maximum atomic E-state index is 11.5. The Bertz CT molecular complexity index is 1170. The molecule has 0 saturated heterocycles. The van der Waals surface area contributed by atoms with Crippen molar-refractivity contribution in [2.45, 2.75) is 207 Å². The van der Waals surface area contributed by atoms with Gasteiger partial charge in [0.15, 0.2) is 34.5 Å². The van der Waals surface area contributed by atoms with Gasteiger partial charge in [0, 0.05) is 16.7 Å². The van der Waals surface area contributed by atoms with E-state index < -0.39 is 0 Å². The molecule has 3 rings (SSSR count). The van der Waals surface area contributed by atoms with Crippen LogP contribution in [0.1, 0.15) is 204 Å². The van der Waals surface area contributed by atoms with E-state index in [2.05, 4.69) is 39.8 Å². The van der Waals surface area contributed by atoms with E-state index >= 15 is 0 Å². The maximum absolute atomic E-state index is 11.5. The molecule has 4 nitrogen and oxygen atoms in total.